The summed E-state index contributed by atoms with van der Waals surface area (Å²) >= 11 is 0. The molecule has 53 heavy (non-hydrogen) atoms. The molecule has 4 amide bonds. The Hall–Kier alpha value is -4.47. The molecule has 2 aromatic rings. The van der Waals surface area contributed by atoms with Crippen molar-refractivity contribution in [3.63, 3.8) is 0 Å². The number of ether oxygens (including phenoxy) is 2. The molecule has 1 aromatic heterocycles. The summed E-state index contributed by atoms with van der Waals surface area (Å²) in [6.07, 6.45) is 6.52. The average molecular weight is 753 g/mol. The van der Waals surface area contributed by atoms with Gasteiger partial charge >= 0.3 is 6.09 Å². The van der Waals surface area contributed by atoms with Crippen molar-refractivity contribution in [2.24, 2.45) is 17.8 Å². The minimum absolute atomic E-state index is 0.0170. The van der Waals surface area contributed by atoms with Crippen molar-refractivity contribution in [2.45, 2.75) is 113 Å². The number of sulfonamides is 1. The summed E-state index contributed by atoms with van der Waals surface area (Å²) in [6, 6.07) is 3.03. The van der Waals surface area contributed by atoms with Gasteiger partial charge in [-0.3, -0.25) is 19.1 Å². The standard InChI is InChI=1S/C37H48N6O9S/c1-20-7-5-6-8-23-18-37(23,34(46)42-53(49,50)36(3)13-14-36)41-31(44)28-17-25(19-43(28)33(45)29(21(2)15-20)40-35(47)48)52-32-30(22-9-10-22)38-27-16-24(51-4)11-12-26(27)39-32/h6,8,11-12,16,20-23,25,28-29,40H,5,7,9-10,13-15,17-19H2,1-4H3,(H,41,44)(H,42,46)(H,47,48)/t20-,21-,23-,25-,28+,29+,37-/m1/s1. The van der Waals surface area contributed by atoms with Gasteiger partial charge in [0, 0.05) is 24.3 Å². The normalized spacial score (nSPS) is 31.3. The van der Waals surface area contributed by atoms with Crippen molar-refractivity contribution >= 4 is 44.9 Å². The highest BCUT2D eigenvalue weighted by Crippen LogP contribution is 2.48. The molecule has 1 aromatic carbocycles. The highest BCUT2D eigenvalue weighted by molar-refractivity contribution is 7.91. The Morgan fingerprint density at radius 3 is 2.51 bits per heavy atom. The lowest BCUT2D eigenvalue weighted by atomic mass is 9.88. The molecule has 4 N–H and O–H groups in total. The molecular weight excluding hydrogens is 705 g/mol. The SMILES string of the molecule is COc1ccc2nc(O[C@@H]3C[C@H]4C(=O)N[C@]5(C(=O)NS(=O)(=O)C6(C)CC6)C[C@H]5C=CCC[C@@H](C)C[C@@H](C)[C@H](NC(=O)O)C(=O)N4C3)c(C3CC3)nc2c1. The molecule has 16 heteroatoms. The minimum Gasteiger partial charge on any atom is -0.497 e. The molecule has 286 valence electrons. The number of benzene rings is 1. The Balaban J connectivity index is 1.22. The summed E-state index contributed by atoms with van der Waals surface area (Å²) in [5.74, 6) is -1.71. The molecule has 0 unspecified atom stereocenters. The molecule has 2 aliphatic heterocycles. The van der Waals surface area contributed by atoms with Crippen LogP contribution < -0.4 is 24.8 Å². The number of nitrogens with one attached hydrogen (secondary N) is 3. The lowest BCUT2D eigenvalue weighted by Gasteiger charge is -2.32. The van der Waals surface area contributed by atoms with E-state index in [9.17, 15) is 32.7 Å². The molecule has 3 saturated carbocycles. The van der Waals surface area contributed by atoms with Crippen LogP contribution >= 0.6 is 0 Å². The molecule has 15 nitrogen and oxygen atoms in total. The van der Waals surface area contributed by atoms with Crippen molar-refractivity contribution in [3.05, 3.63) is 36.0 Å². The van der Waals surface area contributed by atoms with E-state index in [0.29, 0.717) is 54.0 Å². The number of methoxy groups -OCH3 is 1. The predicted molar refractivity (Wildman–Crippen MR) is 193 cm³/mol. The van der Waals surface area contributed by atoms with Gasteiger partial charge in [-0.25, -0.2) is 23.2 Å². The van der Waals surface area contributed by atoms with E-state index in [4.69, 9.17) is 19.4 Å². The quantitative estimate of drug-likeness (QED) is 0.288. The van der Waals surface area contributed by atoms with Gasteiger partial charge in [-0.1, -0.05) is 26.0 Å². The lowest BCUT2D eigenvalue weighted by Crippen LogP contribution is -2.59. The maximum Gasteiger partial charge on any atom is 0.405 e. The number of carbonyl (C=O) groups is 4. The molecule has 5 aliphatic rings. The number of amides is 4. The number of carbonyl (C=O) groups excluding carboxylic acids is 3. The van der Waals surface area contributed by atoms with Gasteiger partial charge in [0.2, 0.25) is 27.7 Å². The Morgan fingerprint density at radius 1 is 1.08 bits per heavy atom. The van der Waals surface area contributed by atoms with Gasteiger partial charge < -0.3 is 30.1 Å². The van der Waals surface area contributed by atoms with Crippen molar-refractivity contribution < 1.29 is 42.2 Å². The highest BCUT2D eigenvalue weighted by Gasteiger charge is 2.63. The molecule has 7 rings (SSSR count). The van der Waals surface area contributed by atoms with Crippen LogP contribution in [0.4, 0.5) is 4.79 Å². The van der Waals surface area contributed by atoms with Gasteiger partial charge in [-0.05, 0) is 82.3 Å². The smallest absolute Gasteiger partial charge is 0.405 e. The van der Waals surface area contributed by atoms with Crippen molar-refractivity contribution in [1.29, 1.82) is 0 Å². The Bertz CT molecular complexity index is 1960. The van der Waals surface area contributed by atoms with E-state index < -0.39 is 74.1 Å². The lowest BCUT2D eigenvalue weighted by molar-refractivity contribution is -0.142. The van der Waals surface area contributed by atoms with Crippen LogP contribution in [0.15, 0.2) is 30.4 Å². The van der Waals surface area contributed by atoms with E-state index in [0.717, 1.165) is 19.3 Å². The summed E-state index contributed by atoms with van der Waals surface area (Å²) < 4.78 is 39.3. The van der Waals surface area contributed by atoms with Crippen LogP contribution in [0.3, 0.4) is 0 Å². The average Bonchev–Trinajstić information content (AvgIpc) is 4.05. The molecule has 4 fully saturated rings. The van der Waals surface area contributed by atoms with Crippen LogP contribution in [0.1, 0.15) is 90.2 Å². The van der Waals surface area contributed by atoms with Crippen molar-refractivity contribution in [3.8, 4) is 11.6 Å². The molecule has 3 heterocycles. The van der Waals surface area contributed by atoms with Crippen LogP contribution in [-0.2, 0) is 24.4 Å². The number of aromatic nitrogens is 2. The largest absolute Gasteiger partial charge is 0.497 e. The number of hydrogen-bond acceptors (Lipinski definition) is 10. The van der Waals surface area contributed by atoms with Crippen LogP contribution in [0, 0.1) is 17.8 Å². The first-order valence-corrected chi connectivity index (χ1v) is 20.0. The molecule has 0 radical (unpaired) electrons. The first-order chi connectivity index (χ1) is 25.1. The zero-order valence-corrected chi connectivity index (χ0v) is 31.3. The number of carboxylic acid groups (broad SMARTS) is 1. The first-order valence-electron chi connectivity index (χ1n) is 18.5. The van der Waals surface area contributed by atoms with Crippen LogP contribution in [-0.4, -0.2) is 94.3 Å². The van der Waals surface area contributed by atoms with E-state index >= 15 is 0 Å². The van der Waals surface area contributed by atoms with Crippen molar-refractivity contribution in [1.82, 2.24) is 30.2 Å². The van der Waals surface area contributed by atoms with Gasteiger partial charge in [-0.2, -0.15) is 0 Å². The molecular formula is C37H48N6O9S. The zero-order valence-electron chi connectivity index (χ0n) is 30.5. The van der Waals surface area contributed by atoms with Crippen LogP contribution in [0.2, 0.25) is 0 Å². The Kier molecular flexibility index (Phi) is 9.56. The van der Waals surface area contributed by atoms with Gasteiger partial charge in [0.1, 0.15) is 35.2 Å². The number of nitrogens with zero attached hydrogens (tertiary/aromatic N) is 3. The van der Waals surface area contributed by atoms with E-state index in [1.165, 1.54) is 4.90 Å². The zero-order chi connectivity index (χ0) is 37.9. The van der Waals surface area contributed by atoms with Gasteiger partial charge in [-0.15, -0.1) is 0 Å². The molecule has 3 aliphatic carbocycles. The van der Waals surface area contributed by atoms with Crippen LogP contribution in [0.5, 0.6) is 11.6 Å². The number of fused-ring (bicyclic) bond motifs is 3. The third-order valence-electron chi connectivity index (χ3n) is 11.6. The predicted octanol–water partition coefficient (Wildman–Crippen LogP) is 3.39. The summed E-state index contributed by atoms with van der Waals surface area (Å²) in [7, 11) is -2.43. The number of rotatable bonds is 8. The molecule has 7 atom stereocenters. The third kappa shape index (κ3) is 7.38. The van der Waals surface area contributed by atoms with E-state index in [1.54, 1.807) is 32.2 Å². The summed E-state index contributed by atoms with van der Waals surface area (Å²) in [6.45, 7) is 5.38. The molecule has 0 bridgehead atoms. The van der Waals surface area contributed by atoms with E-state index in [-0.39, 0.29) is 31.2 Å². The summed E-state index contributed by atoms with van der Waals surface area (Å²) in [5.41, 5.74) is 0.359. The second kappa shape index (κ2) is 13.7. The van der Waals surface area contributed by atoms with Crippen LogP contribution in [0.25, 0.3) is 11.0 Å². The summed E-state index contributed by atoms with van der Waals surface area (Å²) in [5, 5.41) is 15.1. The fraction of sp³-hybridized carbons (Fsp3) is 0.622. The third-order valence-corrected chi connectivity index (χ3v) is 13.8. The molecule has 0 spiro atoms. The molecule has 1 saturated heterocycles. The number of hydrogen-bond donors (Lipinski definition) is 4. The second-order valence-corrected chi connectivity index (χ2v) is 18.1. The maximum atomic E-state index is 14.4. The fourth-order valence-electron chi connectivity index (χ4n) is 7.76. The van der Waals surface area contributed by atoms with Crippen molar-refractivity contribution in [2.75, 3.05) is 13.7 Å². The maximum absolute atomic E-state index is 14.4. The number of allylic oxidation sites excluding steroid dienone is 1. The minimum atomic E-state index is -4.00. The van der Waals surface area contributed by atoms with Gasteiger partial charge in [0.05, 0.1) is 29.4 Å². The van der Waals surface area contributed by atoms with Gasteiger partial charge in [0.15, 0.2) is 0 Å². The topological polar surface area (TPSA) is 206 Å². The first kappa shape index (κ1) is 36.9. The summed E-state index contributed by atoms with van der Waals surface area (Å²) in [4.78, 5) is 65.7. The van der Waals surface area contributed by atoms with E-state index in [2.05, 4.69) is 15.4 Å². The Morgan fingerprint density at radius 2 is 1.83 bits per heavy atom. The monoisotopic (exact) mass is 752 g/mol. The fourth-order valence-corrected chi connectivity index (χ4v) is 9.07. The highest BCUT2D eigenvalue weighted by atomic mass is 32.2. The second-order valence-electron chi connectivity index (χ2n) is 15.9. The van der Waals surface area contributed by atoms with Gasteiger partial charge in [0.25, 0.3) is 5.91 Å². The van der Waals surface area contributed by atoms with E-state index in [1.807, 2.05) is 26.0 Å². The Labute approximate surface area is 308 Å².